The van der Waals surface area contributed by atoms with Crippen LogP contribution in [0.25, 0.3) is 0 Å². The van der Waals surface area contributed by atoms with Crippen LogP contribution in [0.1, 0.15) is 27.2 Å². The van der Waals surface area contributed by atoms with Crippen LogP contribution < -0.4 is 10.6 Å². The maximum absolute atomic E-state index is 11.4. The molecule has 0 heterocycles. The van der Waals surface area contributed by atoms with E-state index in [1.165, 1.54) is 0 Å². The van der Waals surface area contributed by atoms with E-state index in [1.54, 1.807) is 0 Å². The minimum atomic E-state index is -0.0346. The van der Waals surface area contributed by atoms with Gasteiger partial charge in [0.25, 0.3) is 0 Å². The minimum Gasteiger partial charge on any atom is -0.355 e. The van der Waals surface area contributed by atoms with Gasteiger partial charge >= 0.3 is 0 Å². The molecule has 0 rings (SSSR count). The van der Waals surface area contributed by atoms with E-state index in [9.17, 15) is 9.59 Å². The van der Waals surface area contributed by atoms with Crippen LogP contribution in [0, 0.1) is 0 Å². The van der Waals surface area contributed by atoms with Gasteiger partial charge in [-0.3, -0.25) is 14.5 Å². The summed E-state index contributed by atoms with van der Waals surface area (Å²) in [6, 6.07) is 0. The molecule has 0 unspecified atom stereocenters. The fourth-order valence-electron chi connectivity index (χ4n) is 1.26. The zero-order valence-electron chi connectivity index (χ0n) is 10.5. The highest BCUT2D eigenvalue weighted by Crippen LogP contribution is 1.87. The molecule has 0 atom stereocenters. The first-order chi connectivity index (χ1) is 7.63. The summed E-state index contributed by atoms with van der Waals surface area (Å²) >= 11 is 0. The summed E-state index contributed by atoms with van der Waals surface area (Å²) in [4.78, 5) is 24.6. The average molecular weight is 229 g/mol. The molecule has 0 aliphatic heterocycles. The smallest absolute Gasteiger partial charge is 0.234 e. The van der Waals surface area contributed by atoms with Crippen molar-refractivity contribution in [3.8, 4) is 0 Å². The molecule has 5 nitrogen and oxygen atoms in total. The fraction of sp³-hybridized carbons (Fsp3) is 0.818. The number of rotatable bonds is 8. The molecule has 0 bridgehead atoms. The Bertz CT molecular complexity index is 219. The second-order valence-electron chi connectivity index (χ2n) is 3.61. The van der Waals surface area contributed by atoms with E-state index in [-0.39, 0.29) is 24.9 Å². The van der Waals surface area contributed by atoms with Crippen molar-refractivity contribution in [3.63, 3.8) is 0 Å². The zero-order chi connectivity index (χ0) is 12.4. The van der Waals surface area contributed by atoms with Crippen molar-refractivity contribution >= 4 is 11.8 Å². The summed E-state index contributed by atoms with van der Waals surface area (Å²) in [7, 11) is 0. The third-order valence-corrected chi connectivity index (χ3v) is 2.13. The number of amides is 2. The Labute approximate surface area is 97.6 Å². The molecule has 0 aromatic heterocycles. The molecule has 0 aromatic carbocycles. The average Bonchev–Trinajstić information content (AvgIpc) is 2.25. The van der Waals surface area contributed by atoms with Crippen molar-refractivity contribution in [3.05, 3.63) is 0 Å². The first-order valence-electron chi connectivity index (χ1n) is 5.89. The van der Waals surface area contributed by atoms with Crippen LogP contribution in [-0.4, -0.2) is 49.4 Å². The third kappa shape index (κ3) is 7.23. The molecule has 2 N–H and O–H groups in total. The van der Waals surface area contributed by atoms with E-state index in [4.69, 9.17) is 0 Å². The predicted octanol–water partition coefficient (Wildman–Crippen LogP) is -0.0294. The van der Waals surface area contributed by atoms with Crippen molar-refractivity contribution in [2.75, 3.05) is 32.7 Å². The van der Waals surface area contributed by atoms with E-state index < -0.39 is 0 Å². The van der Waals surface area contributed by atoms with E-state index in [0.29, 0.717) is 19.6 Å². The summed E-state index contributed by atoms with van der Waals surface area (Å²) in [5.74, 6) is -0.0550. The van der Waals surface area contributed by atoms with Crippen LogP contribution in [0.4, 0.5) is 0 Å². The van der Waals surface area contributed by atoms with Crippen molar-refractivity contribution in [2.24, 2.45) is 0 Å². The summed E-state index contributed by atoms with van der Waals surface area (Å²) in [5.41, 5.74) is 0. The molecule has 0 radical (unpaired) electrons. The lowest BCUT2D eigenvalue weighted by Crippen LogP contribution is -2.42. The van der Waals surface area contributed by atoms with Crippen molar-refractivity contribution in [2.45, 2.75) is 27.2 Å². The highest BCUT2D eigenvalue weighted by Gasteiger charge is 2.11. The van der Waals surface area contributed by atoms with E-state index in [2.05, 4.69) is 10.6 Å². The molecule has 5 heteroatoms. The van der Waals surface area contributed by atoms with Gasteiger partial charge in [-0.1, -0.05) is 13.8 Å². The molecule has 0 saturated heterocycles. The highest BCUT2D eigenvalue weighted by molar-refractivity contribution is 5.81. The summed E-state index contributed by atoms with van der Waals surface area (Å²) in [6.45, 7) is 8.39. The van der Waals surface area contributed by atoms with Crippen molar-refractivity contribution in [1.82, 2.24) is 15.5 Å². The number of nitrogens with zero attached hydrogens (tertiary/aromatic N) is 1. The van der Waals surface area contributed by atoms with Crippen LogP contribution in [0.5, 0.6) is 0 Å². The van der Waals surface area contributed by atoms with Gasteiger partial charge in [0.15, 0.2) is 0 Å². The van der Waals surface area contributed by atoms with Gasteiger partial charge in [0, 0.05) is 13.1 Å². The number of hydrogen-bond donors (Lipinski definition) is 2. The number of carbonyl (C=O) groups is 2. The molecule has 0 aromatic rings. The molecule has 0 fully saturated rings. The Morgan fingerprint density at radius 3 is 2.00 bits per heavy atom. The number of hydrogen-bond acceptors (Lipinski definition) is 3. The lowest BCUT2D eigenvalue weighted by molar-refractivity contribution is -0.125. The van der Waals surface area contributed by atoms with Crippen LogP contribution >= 0.6 is 0 Å². The SMILES string of the molecule is CCCNC(=O)CN(CC)CC(=O)NCC. The highest BCUT2D eigenvalue weighted by atomic mass is 16.2. The molecule has 16 heavy (non-hydrogen) atoms. The van der Waals surface area contributed by atoms with Gasteiger partial charge in [0.05, 0.1) is 13.1 Å². The van der Waals surface area contributed by atoms with E-state index >= 15 is 0 Å². The Morgan fingerprint density at radius 2 is 1.56 bits per heavy atom. The summed E-state index contributed by atoms with van der Waals surface area (Å²) < 4.78 is 0. The number of nitrogens with one attached hydrogen (secondary N) is 2. The quantitative estimate of drug-likeness (QED) is 0.614. The fourth-order valence-corrected chi connectivity index (χ4v) is 1.26. The van der Waals surface area contributed by atoms with Gasteiger partial charge in [-0.2, -0.15) is 0 Å². The Morgan fingerprint density at radius 1 is 1.00 bits per heavy atom. The molecule has 0 saturated carbocycles. The lowest BCUT2D eigenvalue weighted by Gasteiger charge is -2.18. The maximum atomic E-state index is 11.4. The third-order valence-electron chi connectivity index (χ3n) is 2.13. The Hall–Kier alpha value is -1.10. The van der Waals surface area contributed by atoms with Crippen molar-refractivity contribution in [1.29, 1.82) is 0 Å². The molecule has 2 amide bonds. The van der Waals surface area contributed by atoms with Crippen LogP contribution in [-0.2, 0) is 9.59 Å². The second-order valence-corrected chi connectivity index (χ2v) is 3.61. The second kappa shape index (κ2) is 9.15. The van der Waals surface area contributed by atoms with E-state index in [1.807, 2.05) is 25.7 Å². The number of likely N-dealkylation sites (N-methyl/N-ethyl adjacent to an activating group) is 2. The molecule has 0 spiro atoms. The molecule has 0 aliphatic carbocycles. The zero-order valence-corrected chi connectivity index (χ0v) is 10.5. The minimum absolute atomic E-state index is 0.0204. The molecule has 0 aliphatic rings. The van der Waals surface area contributed by atoms with Crippen LogP contribution in [0.2, 0.25) is 0 Å². The lowest BCUT2D eigenvalue weighted by atomic mass is 10.4. The largest absolute Gasteiger partial charge is 0.355 e. The van der Waals surface area contributed by atoms with Crippen LogP contribution in [0.15, 0.2) is 0 Å². The van der Waals surface area contributed by atoms with Gasteiger partial charge in [-0.25, -0.2) is 0 Å². The first kappa shape index (κ1) is 14.9. The summed E-state index contributed by atoms with van der Waals surface area (Å²) in [5, 5.41) is 5.50. The van der Waals surface area contributed by atoms with Gasteiger partial charge in [0.2, 0.25) is 11.8 Å². The normalized spacial score (nSPS) is 10.2. The van der Waals surface area contributed by atoms with Gasteiger partial charge < -0.3 is 10.6 Å². The Kier molecular flexibility index (Phi) is 8.52. The first-order valence-corrected chi connectivity index (χ1v) is 5.89. The van der Waals surface area contributed by atoms with Crippen molar-refractivity contribution < 1.29 is 9.59 Å². The summed E-state index contributed by atoms with van der Waals surface area (Å²) in [6.07, 6.45) is 0.925. The molecular weight excluding hydrogens is 206 g/mol. The number of carbonyl (C=O) groups excluding carboxylic acids is 2. The van der Waals surface area contributed by atoms with Gasteiger partial charge in [0.1, 0.15) is 0 Å². The molecule has 94 valence electrons. The Balaban J connectivity index is 3.90. The predicted molar refractivity (Wildman–Crippen MR) is 64.1 cm³/mol. The monoisotopic (exact) mass is 229 g/mol. The van der Waals surface area contributed by atoms with Crippen LogP contribution in [0.3, 0.4) is 0 Å². The molecular formula is C11H23N3O2. The van der Waals surface area contributed by atoms with Gasteiger partial charge in [-0.15, -0.1) is 0 Å². The van der Waals surface area contributed by atoms with E-state index in [0.717, 1.165) is 6.42 Å². The maximum Gasteiger partial charge on any atom is 0.234 e. The van der Waals surface area contributed by atoms with Gasteiger partial charge in [-0.05, 0) is 19.9 Å². The standard InChI is InChI=1S/C11H23N3O2/c1-4-7-13-11(16)9-14(6-3)8-10(15)12-5-2/h4-9H2,1-3H3,(H,12,15)(H,13,16). The topological polar surface area (TPSA) is 61.4 Å².